The molecule has 2 aromatic rings. The molecule has 128 valence electrons. The van der Waals surface area contributed by atoms with Crippen molar-refractivity contribution in [3.63, 3.8) is 0 Å². The number of nitrogens with zero attached hydrogens (tertiary/aromatic N) is 3. The number of carbonyl (C=O) groups excluding carboxylic acids is 1. The fraction of sp³-hybridized carbons (Fsp3) is 0.412. The minimum Gasteiger partial charge on any atom is -0.349 e. The van der Waals surface area contributed by atoms with E-state index in [1.165, 1.54) is 22.6 Å². The van der Waals surface area contributed by atoms with E-state index in [1.807, 2.05) is 38.1 Å². The van der Waals surface area contributed by atoms with E-state index in [4.69, 9.17) is 0 Å². The van der Waals surface area contributed by atoms with Gasteiger partial charge in [0.2, 0.25) is 5.91 Å². The van der Waals surface area contributed by atoms with E-state index in [0.29, 0.717) is 6.54 Å². The molecule has 24 heavy (non-hydrogen) atoms. The van der Waals surface area contributed by atoms with Crippen LogP contribution in [0, 0.1) is 23.0 Å². The molecule has 0 spiro atoms. The van der Waals surface area contributed by atoms with Gasteiger partial charge >= 0.3 is 5.69 Å². The minimum atomic E-state index is -0.501. The van der Waals surface area contributed by atoms with E-state index in [1.54, 1.807) is 6.92 Å². The summed E-state index contributed by atoms with van der Waals surface area (Å²) in [7, 11) is 0. The lowest BCUT2D eigenvalue weighted by Gasteiger charge is -2.20. The van der Waals surface area contributed by atoms with E-state index in [2.05, 4.69) is 10.4 Å². The zero-order valence-corrected chi connectivity index (χ0v) is 14.1. The highest BCUT2D eigenvalue weighted by Gasteiger charge is 2.19. The second-order valence-electron chi connectivity index (χ2n) is 5.96. The standard InChI is InChI=1S/C17H22N4O3/c1-4-16(14-7-5-12(2)6-8-14)19-17(22)13(3)10-20-11-15(9-18-20)21(23)24/h5-9,11,13,16H,4,10H2,1-3H3,(H,19,22). The van der Waals surface area contributed by atoms with Crippen LogP contribution in [-0.4, -0.2) is 20.6 Å². The summed E-state index contributed by atoms with van der Waals surface area (Å²) < 4.78 is 1.43. The van der Waals surface area contributed by atoms with Crippen molar-refractivity contribution in [1.29, 1.82) is 0 Å². The maximum atomic E-state index is 12.4. The summed E-state index contributed by atoms with van der Waals surface area (Å²) in [5.74, 6) is -0.440. The third-order valence-corrected chi connectivity index (χ3v) is 3.94. The van der Waals surface area contributed by atoms with Gasteiger partial charge in [-0.05, 0) is 18.9 Å². The van der Waals surface area contributed by atoms with Crippen molar-refractivity contribution in [1.82, 2.24) is 15.1 Å². The first-order valence-electron chi connectivity index (χ1n) is 7.94. The Morgan fingerprint density at radius 2 is 2.04 bits per heavy atom. The molecule has 1 heterocycles. The second-order valence-corrected chi connectivity index (χ2v) is 5.96. The Hall–Kier alpha value is -2.70. The summed E-state index contributed by atoms with van der Waals surface area (Å²) >= 11 is 0. The quantitative estimate of drug-likeness (QED) is 0.624. The molecule has 7 nitrogen and oxygen atoms in total. The summed E-state index contributed by atoms with van der Waals surface area (Å²) in [6, 6.07) is 8.04. The molecule has 0 saturated carbocycles. The zero-order chi connectivity index (χ0) is 17.7. The van der Waals surface area contributed by atoms with Crippen molar-refractivity contribution in [2.45, 2.75) is 39.8 Å². The van der Waals surface area contributed by atoms with Gasteiger partial charge in [-0.3, -0.25) is 19.6 Å². The van der Waals surface area contributed by atoms with Crippen molar-refractivity contribution in [2.24, 2.45) is 5.92 Å². The molecule has 2 unspecified atom stereocenters. The predicted molar refractivity (Wildman–Crippen MR) is 90.4 cm³/mol. The number of carbonyl (C=O) groups is 1. The Morgan fingerprint density at radius 3 is 2.58 bits per heavy atom. The summed E-state index contributed by atoms with van der Waals surface area (Å²) in [5.41, 5.74) is 2.17. The van der Waals surface area contributed by atoms with Gasteiger partial charge in [-0.1, -0.05) is 43.7 Å². The van der Waals surface area contributed by atoms with E-state index >= 15 is 0 Å². The number of hydrogen-bond acceptors (Lipinski definition) is 4. The normalized spacial score (nSPS) is 13.3. The third kappa shape index (κ3) is 4.41. The van der Waals surface area contributed by atoms with Crippen LogP contribution in [0.4, 0.5) is 5.69 Å². The largest absolute Gasteiger partial charge is 0.349 e. The van der Waals surface area contributed by atoms with Gasteiger partial charge in [0.15, 0.2) is 0 Å². The molecule has 7 heteroatoms. The number of nitro groups is 1. The first kappa shape index (κ1) is 17.7. The van der Waals surface area contributed by atoms with Gasteiger partial charge < -0.3 is 5.32 Å². The Kier molecular flexibility index (Phi) is 5.68. The van der Waals surface area contributed by atoms with Crippen molar-refractivity contribution in [3.8, 4) is 0 Å². The smallest absolute Gasteiger partial charge is 0.306 e. The lowest BCUT2D eigenvalue weighted by Crippen LogP contribution is -2.34. The summed E-state index contributed by atoms with van der Waals surface area (Å²) in [6.45, 7) is 6.12. The minimum absolute atomic E-state index is 0.0486. The van der Waals surface area contributed by atoms with Crippen LogP contribution in [0.5, 0.6) is 0 Å². The maximum absolute atomic E-state index is 12.4. The van der Waals surface area contributed by atoms with Crippen LogP contribution < -0.4 is 5.32 Å². The van der Waals surface area contributed by atoms with Gasteiger partial charge in [0.25, 0.3) is 0 Å². The van der Waals surface area contributed by atoms with E-state index in [-0.39, 0.29) is 23.6 Å². The van der Waals surface area contributed by atoms with Gasteiger partial charge in [-0.25, -0.2) is 0 Å². The molecule has 1 N–H and O–H groups in total. The lowest BCUT2D eigenvalue weighted by molar-refractivity contribution is -0.385. The summed E-state index contributed by atoms with van der Waals surface area (Å²) in [4.78, 5) is 22.6. The van der Waals surface area contributed by atoms with Crippen LogP contribution >= 0.6 is 0 Å². The number of aromatic nitrogens is 2. The molecular weight excluding hydrogens is 308 g/mol. The number of nitrogens with one attached hydrogen (secondary N) is 1. The van der Waals surface area contributed by atoms with Crippen LogP contribution in [0.2, 0.25) is 0 Å². The fourth-order valence-corrected chi connectivity index (χ4v) is 2.44. The van der Waals surface area contributed by atoms with E-state index < -0.39 is 4.92 Å². The van der Waals surface area contributed by atoms with Crippen LogP contribution in [0.15, 0.2) is 36.7 Å². The molecule has 0 bridgehead atoms. The highest BCUT2D eigenvalue weighted by Crippen LogP contribution is 2.18. The molecule has 0 aliphatic heterocycles. The predicted octanol–water partition coefficient (Wildman–Crippen LogP) is 3.00. The Morgan fingerprint density at radius 1 is 1.38 bits per heavy atom. The molecule has 0 aliphatic carbocycles. The van der Waals surface area contributed by atoms with Gasteiger partial charge in [-0.15, -0.1) is 0 Å². The molecule has 0 radical (unpaired) electrons. The van der Waals surface area contributed by atoms with Gasteiger partial charge in [-0.2, -0.15) is 5.10 Å². The number of aryl methyl sites for hydroxylation is 1. The molecule has 1 amide bonds. The van der Waals surface area contributed by atoms with Gasteiger partial charge in [0, 0.05) is 0 Å². The number of rotatable bonds is 7. The van der Waals surface area contributed by atoms with Crippen molar-refractivity contribution >= 4 is 11.6 Å². The number of amides is 1. The van der Waals surface area contributed by atoms with Crippen LogP contribution in [0.3, 0.4) is 0 Å². The highest BCUT2D eigenvalue weighted by atomic mass is 16.6. The van der Waals surface area contributed by atoms with Crippen LogP contribution in [0.1, 0.15) is 37.4 Å². The Bertz CT molecular complexity index is 709. The average molecular weight is 330 g/mol. The molecule has 2 rings (SSSR count). The summed E-state index contributed by atoms with van der Waals surface area (Å²) in [5, 5.41) is 17.6. The average Bonchev–Trinajstić information content (AvgIpc) is 3.02. The molecule has 0 saturated heterocycles. The SMILES string of the molecule is CCC(NC(=O)C(C)Cn1cc([N+](=O)[O-])cn1)c1ccc(C)cc1. The maximum Gasteiger partial charge on any atom is 0.306 e. The Balaban J connectivity index is 1.98. The molecular formula is C17H22N4O3. The van der Waals surface area contributed by atoms with Crippen LogP contribution in [0.25, 0.3) is 0 Å². The molecule has 0 fully saturated rings. The first-order chi connectivity index (χ1) is 11.4. The van der Waals surface area contributed by atoms with Gasteiger partial charge in [0.05, 0.1) is 23.4 Å². The third-order valence-electron chi connectivity index (χ3n) is 3.94. The molecule has 2 atom stereocenters. The van der Waals surface area contributed by atoms with Crippen molar-refractivity contribution in [2.75, 3.05) is 0 Å². The van der Waals surface area contributed by atoms with Gasteiger partial charge in [0.1, 0.15) is 12.4 Å². The number of hydrogen-bond donors (Lipinski definition) is 1. The fourth-order valence-electron chi connectivity index (χ4n) is 2.44. The molecule has 1 aromatic carbocycles. The first-order valence-corrected chi connectivity index (χ1v) is 7.94. The topological polar surface area (TPSA) is 90.1 Å². The lowest BCUT2D eigenvalue weighted by atomic mass is 10.0. The van der Waals surface area contributed by atoms with Crippen LogP contribution in [-0.2, 0) is 11.3 Å². The Labute approximate surface area is 140 Å². The second kappa shape index (κ2) is 7.72. The molecule has 0 aliphatic rings. The van der Waals surface area contributed by atoms with E-state index in [0.717, 1.165) is 12.0 Å². The summed E-state index contributed by atoms with van der Waals surface area (Å²) in [6.07, 6.45) is 3.31. The highest BCUT2D eigenvalue weighted by molar-refractivity contribution is 5.78. The van der Waals surface area contributed by atoms with Crippen molar-refractivity contribution < 1.29 is 9.72 Å². The molecule has 1 aromatic heterocycles. The van der Waals surface area contributed by atoms with Crippen molar-refractivity contribution in [3.05, 3.63) is 57.9 Å². The zero-order valence-electron chi connectivity index (χ0n) is 14.1. The number of benzene rings is 1. The monoisotopic (exact) mass is 330 g/mol. The van der Waals surface area contributed by atoms with E-state index in [9.17, 15) is 14.9 Å².